The number of nitrogens with zero attached hydrogens (tertiary/aromatic N) is 3. The molecule has 0 atom stereocenters. The fourth-order valence-corrected chi connectivity index (χ4v) is 4.23. The predicted octanol–water partition coefficient (Wildman–Crippen LogP) is 4.05. The number of fused-ring (bicyclic) bond motifs is 1. The third-order valence-electron chi connectivity index (χ3n) is 4.29. The first-order chi connectivity index (χ1) is 12.1. The van der Waals surface area contributed by atoms with Crippen LogP contribution >= 0.6 is 22.9 Å². The molecule has 0 bridgehead atoms. The zero-order chi connectivity index (χ0) is 17.4. The highest BCUT2D eigenvalue weighted by molar-refractivity contribution is 7.22. The molecule has 1 amide bonds. The maximum absolute atomic E-state index is 13.0. The smallest absolute Gasteiger partial charge is 0.253 e. The summed E-state index contributed by atoms with van der Waals surface area (Å²) in [7, 11) is 0. The minimum absolute atomic E-state index is 0.0630. The summed E-state index contributed by atoms with van der Waals surface area (Å²) in [5, 5.41) is 1.59. The molecule has 25 heavy (non-hydrogen) atoms. The standard InChI is InChI=1S/C18H15ClFN3OS/c19-14-2-1-3-15-16(14)21-18(25-15)23-10-8-22(9-11-23)17(24)12-4-6-13(20)7-5-12/h1-7H,8-11H2. The van der Waals surface area contributed by atoms with Crippen LogP contribution in [0.15, 0.2) is 42.5 Å². The van der Waals surface area contributed by atoms with Crippen molar-refractivity contribution >= 4 is 44.2 Å². The molecule has 7 heteroatoms. The lowest BCUT2D eigenvalue weighted by atomic mass is 10.2. The van der Waals surface area contributed by atoms with Crippen molar-refractivity contribution in [3.8, 4) is 0 Å². The second-order valence-corrected chi connectivity index (χ2v) is 7.29. The molecule has 4 nitrogen and oxygen atoms in total. The second-order valence-electron chi connectivity index (χ2n) is 5.87. The average molecular weight is 376 g/mol. The van der Waals surface area contributed by atoms with Crippen LogP contribution in [0, 0.1) is 5.82 Å². The van der Waals surface area contributed by atoms with E-state index in [1.54, 1.807) is 16.2 Å². The molecule has 1 aliphatic rings. The Hall–Kier alpha value is -2.18. The van der Waals surface area contributed by atoms with Crippen molar-refractivity contribution in [2.24, 2.45) is 0 Å². The number of anilines is 1. The third kappa shape index (κ3) is 3.19. The topological polar surface area (TPSA) is 36.4 Å². The lowest BCUT2D eigenvalue weighted by Crippen LogP contribution is -2.48. The third-order valence-corrected chi connectivity index (χ3v) is 5.67. The number of thiazole rings is 1. The molecule has 3 aromatic rings. The molecule has 1 saturated heterocycles. The number of para-hydroxylation sites is 1. The summed E-state index contributed by atoms with van der Waals surface area (Å²) in [4.78, 5) is 21.1. The molecule has 0 aliphatic carbocycles. The van der Waals surface area contributed by atoms with Gasteiger partial charge in [-0.05, 0) is 36.4 Å². The Balaban J connectivity index is 1.46. The summed E-state index contributed by atoms with van der Waals surface area (Å²) in [5.41, 5.74) is 1.34. The van der Waals surface area contributed by atoms with Crippen molar-refractivity contribution in [1.29, 1.82) is 0 Å². The fraction of sp³-hybridized carbons (Fsp3) is 0.222. The number of hydrogen-bond donors (Lipinski definition) is 0. The summed E-state index contributed by atoms with van der Waals surface area (Å²) < 4.78 is 14.1. The van der Waals surface area contributed by atoms with Crippen LogP contribution in [-0.4, -0.2) is 42.0 Å². The summed E-state index contributed by atoms with van der Waals surface area (Å²) >= 11 is 7.81. The van der Waals surface area contributed by atoms with Gasteiger partial charge in [-0.3, -0.25) is 4.79 Å². The molecular weight excluding hydrogens is 361 g/mol. The lowest BCUT2D eigenvalue weighted by molar-refractivity contribution is 0.0746. The number of piperazine rings is 1. The van der Waals surface area contributed by atoms with Gasteiger partial charge in [-0.25, -0.2) is 9.37 Å². The number of benzene rings is 2. The highest BCUT2D eigenvalue weighted by atomic mass is 35.5. The molecule has 0 spiro atoms. The summed E-state index contributed by atoms with van der Waals surface area (Å²) in [5.74, 6) is -0.400. The van der Waals surface area contributed by atoms with Crippen LogP contribution in [0.1, 0.15) is 10.4 Å². The van der Waals surface area contributed by atoms with E-state index in [0.717, 1.165) is 15.3 Å². The Bertz CT molecular complexity index is 920. The predicted molar refractivity (Wildman–Crippen MR) is 99.1 cm³/mol. The maximum atomic E-state index is 13.0. The van der Waals surface area contributed by atoms with Crippen LogP contribution in [0.2, 0.25) is 5.02 Å². The van der Waals surface area contributed by atoms with Gasteiger partial charge in [0.2, 0.25) is 0 Å². The van der Waals surface area contributed by atoms with Crippen molar-refractivity contribution in [3.63, 3.8) is 0 Å². The molecular formula is C18H15ClFN3OS. The van der Waals surface area contributed by atoms with Crippen molar-refractivity contribution < 1.29 is 9.18 Å². The van der Waals surface area contributed by atoms with Crippen LogP contribution in [0.25, 0.3) is 10.2 Å². The molecule has 2 heterocycles. The SMILES string of the molecule is O=C(c1ccc(F)cc1)N1CCN(c2nc3c(Cl)cccc3s2)CC1. The van der Waals surface area contributed by atoms with E-state index in [0.29, 0.717) is 36.8 Å². The molecule has 1 aromatic heterocycles. The lowest BCUT2D eigenvalue weighted by Gasteiger charge is -2.34. The zero-order valence-corrected chi connectivity index (χ0v) is 14.9. The first-order valence-corrected chi connectivity index (χ1v) is 9.16. The van der Waals surface area contributed by atoms with Gasteiger partial charge in [0.05, 0.1) is 9.72 Å². The molecule has 2 aromatic carbocycles. The van der Waals surface area contributed by atoms with Crippen LogP contribution in [-0.2, 0) is 0 Å². The van der Waals surface area contributed by atoms with Crippen molar-refractivity contribution in [3.05, 3.63) is 58.9 Å². The highest BCUT2D eigenvalue weighted by Gasteiger charge is 2.24. The minimum atomic E-state index is -0.337. The number of amides is 1. The van der Waals surface area contributed by atoms with Gasteiger partial charge in [-0.15, -0.1) is 0 Å². The van der Waals surface area contributed by atoms with Crippen LogP contribution in [0.3, 0.4) is 0 Å². The molecule has 0 N–H and O–H groups in total. The van der Waals surface area contributed by atoms with Gasteiger partial charge in [0, 0.05) is 31.7 Å². The summed E-state index contributed by atoms with van der Waals surface area (Å²) in [6.45, 7) is 2.65. The normalized spacial score (nSPS) is 15.0. The molecule has 0 radical (unpaired) electrons. The quantitative estimate of drug-likeness (QED) is 0.678. The number of hydrogen-bond acceptors (Lipinski definition) is 4. The van der Waals surface area contributed by atoms with E-state index in [-0.39, 0.29) is 11.7 Å². The van der Waals surface area contributed by atoms with E-state index in [2.05, 4.69) is 9.88 Å². The van der Waals surface area contributed by atoms with Crippen LogP contribution in [0.5, 0.6) is 0 Å². The van der Waals surface area contributed by atoms with Crippen LogP contribution < -0.4 is 4.90 Å². The van der Waals surface area contributed by atoms with E-state index in [1.165, 1.54) is 24.3 Å². The summed E-state index contributed by atoms with van der Waals surface area (Å²) in [6, 6.07) is 11.5. The monoisotopic (exact) mass is 375 g/mol. The molecule has 1 fully saturated rings. The van der Waals surface area contributed by atoms with Gasteiger partial charge in [-0.2, -0.15) is 0 Å². The number of rotatable bonds is 2. The van der Waals surface area contributed by atoms with Crippen molar-refractivity contribution in [1.82, 2.24) is 9.88 Å². The number of carbonyl (C=O) groups is 1. The summed E-state index contributed by atoms with van der Waals surface area (Å²) in [6.07, 6.45) is 0. The van der Waals surface area contributed by atoms with Crippen molar-refractivity contribution in [2.75, 3.05) is 31.1 Å². The largest absolute Gasteiger partial charge is 0.345 e. The molecule has 4 rings (SSSR count). The first kappa shape index (κ1) is 16.3. The van der Waals surface area contributed by atoms with E-state index < -0.39 is 0 Å². The molecule has 0 unspecified atom stereocenters. The van der Waals surface area contributed by atoms with E-state index in [1.807, 2.05) is 18.2 Å². The zero-order valence-electron chi connectivity index (χ0n) is 13.3. The van der Waals surface area contributed by atoms with Crippen molar-refractivity contribution in [2.45, 2.75) is 0 Å². The number of halogens is 2. The van der Waals surface area contributed by atoms with Gasteiger partial charge in [0.25, 0.3) is 5.91 Å². The molecule has 0 saturated carbocycles. The minimum Gasteiger partial charge on any atom is -0.345 e. The first-order valence-electron chi connectivity index (χ1n) is 7.97. The van der Waals surface area contributed by atoms with E-state index >= 15 is 0 Å². The van der Waals surface area contributed by atoms with Gasteiger partial charge in [0.15, 0.2) is 5.13 Å². The average Bonchev–Trinajstić information content (AvgIpc) is 3.08. The fourth-order valence-electron chi connectivity index (χ4n) is 2.91. The molecule has 128 valence electrons. The van der Waals surface area contributed by atoms with Crippen LogP contribution in [0.4, 0.5) is 9.52 Å². The van der Waals surface area contributed by atoms with E-state index in [9.17, 15) is 9.18 Å². The Kier molecular flexibility index (Phi) is 4.31. The van der Waals surface area contributed by atoms with Gasteiger partial charge in [-0.1, -0.05) is 29.0 Å². The Morgan fingerprint density at radius 1 is 1.08 bits per heavy atom. The number of carbonyl (C=O) groups excluding carboxylic acids is 1. The molecule has 1 aliphatic heterocycles. The maximum Gasteiger partial charge on any atom is 0.253 e. The highest BCUT2D eigenvalue weighted by Crippen LogP contribution is 2.33. The van der Waals surface area contributed by atoms with Gasteiger partial charge < -0.3 is 9.80 Å². The Morgan fingerprint density at radius 2 is 1.80 bits per heavy atom. The number of aromatic nitrogens is 1. The van der Waals surface area contributed by atoms with Gasteiger partial charge >= 0.3 is 0 Å². The van der Waals surface area contributed by atoms with E-state index in [4.69, 9.17) is 11.6 Å². The second kappa shape index (κ2) is 6.61. The Labute approximate surface area is 153 Å². The Morgan fingerprint density at radius 3 is 2.48 bits per heavy atom. The van der Waals surface area contributed by atoms with Gasteiger partial charge in [0.1, 0.15) is 11.3 Å².